The average molecular weight is 259 g/mol. The van der Waals surface area contributed by atoms with Crippen LogP contribution in [0.25, 0.3) is 0 Å². The maximum atomic E-state index is 11.9. The van der Waals surface area contributed by atoms with Crippen molar-refractivity contribution in [3.8, 4) is 0 Å². The van der Waals surface area contributed by atoms with Crippen molar-refractivity contribution >= 4 is 23.2 Å². The third kappa shape index (κ3) is 3.11. The number of aromatic nitrogens is 1. The molecule has 1 heterocycles. The van der Waals surface area contributed by atoms with Gasteiger partial charge in [-0.1, -0.05) is 11.6 Å². The zero-order valence-electron chi connectivity index (χ0n) is 9.09. The van der Waals surface area contributed by atoms with E-state index in [1.807, 2.05) is 0 Å². The van der Waals surface area contributed by atoms with E-state index < -0.39 is 10.8 Å². The summed E-state index contributed by atoms with van der Waals surface area (Å²) in [6, 6.07) is 1.10. The molecule has 8 heteroatoms. The predicted octanol–water partition coefficient (Wildman–Crippen LogP) is 0.674. The van der Waals surface area contributed by atoms with Crippen LogP contribution in [0.2, 0.25) is 5.15 Å². The van der Waals surface area contributed by atoms with Gasteiger partial charge in [0.05, 0.1) is 10.5 Å². The molecule has 1 rings (SSSR count). The Hall–Kier alpha value is -1.73. The second-order valence-corrected chi connectivity index (χ2v) is 3.66. The Morgan fingerprint density at radius 1 is 1.71 bits per heavy atom. The standard InChI is InChI=1S/C9H11ClN4O3/c1-13(3-2-11)9(15)7-4-6(14(16)17)5-12-8(7)10/h4-5H,2-3,11H2,1H3. The minimum absolute atomic E-state index is 0.00295. The Kier molecular flexibility index (Phi) is 4.36. The largest absolute Gasteiger partial charge is 0.340 e. The summed E-state index contributed by atoms with van der Waals surface area (Å²) in [6.07, 6.45) is 1.00. The van der Waals surface area contributed by atoms with Crippen molar-refractivity contribution < 1.29 is 9.72 Å². The number of pyridine rings is 1. The Morgan fingerprint density at radius 2 is 2.35 bits per heavy atom. The third-order valence-electron chi connectivity index (χ3n) is 2.08. The topological polar surface area (TPSA) is 102 Å². The monoisotopic (exact) mass is 258 g/mol. The maximum Gasteiger partial charge on any atom is 0.288 e. The highest BCUT2D eigenvalue weighted by Crippen LogP contribution is 2.20. The number of likely N-dealkylation sites (N-methyl/N-ethyl adjacent to an activating group) is 1. The zero-order valence-corrected chi connectivity index (χ0v) is 9.85. The summed E-state index contributed by atoms with van der Waals surface area (Å²) >= 11 is 5.73. The molecule has 0 aliphatic heterocycles. The van der Waals surface area contributed by atoms with E-state index in [0.717, 1.165) is 12.3 Å². The van der Waals surface area contributed by atoms with Gasteiger partial charge < -0.3 is 10.6 Å². The summed E-state index contributed by atoms with van der Waals surface area (Å²) in [4.78, 5) is 26.7. The molecule has 0 unspecified atom stereocenters. The zero-order chi connectivity index (χ0) is 13.0. The number of carbonyl (C=O) groups is 1. The average Bonchev–Trinajstić information content (AvgIpc) is 2.28. The number of nitro groups is 1. The second kappa shape index (κ2) is 5.55. The normalized spacial score (nSPS) is 10.1. The number of hydrogen-bond acceptors (Lipinski definition) is 5. The van der Waals surface area contributed by atoms with E-state index >= 15 is 0 Å². The van der Waals surface area contributed by atoms with Crippen LogP contribution in [0.3, 0.4) is 0 Å². The van der Waals surface area contributed by atoms with Crippen LogP contribution in [0.1, 0.15) is 10.4 Å². The molecule has 0 aliphatic rings. The molecule has 0 aliphatic carbocycles. The number of hydrogen-bond donors (Lipinski definition) is 1. The van der Waals surface area contributed by atoms with E-state index in [1.165, 1.54) is 11.9 Å². The van der Waals surface area contributed by atoms with Gasteiger partial charge in [0.15, 0.2) is 0 Å². The van der Waals surface area contributed by atoms with Gasteiger partial charge in [-0.2, -0.15) is 0 Å². The second-order valence-electron chi connectivity index (χ2n) is 3.30. The first-order valence-electron chi connectivity index (χ1n) is 4.72. The summed E-state index contributed by atoms with van der Waals surface area (Å²) in [7, 11) is 1.53. The van der Waals surface area contributed by atoms with Crippen molar-refractivity contribution in [1.82, 2.24) is 9.88 Å². The molecule has 1 aromatic heterocycles. The first-order valence-corrected chi connectivity index (χ1v) is 5.10. The molecule has 0 saturated heterocycles. The molecule has 0 fully saturated rings. The van der Waals surface area contributed by atoms with E-state index in [4.69, 9.17) is 17.3 Å². The summed E-state index contributed by atoms with van der Waals surface area (Å²) in [5, 5.41) is 10.5. The molecule has 0 bridgehead atoms. The van der Waals surface area contributed by atoms with Gasteiger partial charge in [0.25, 0.3) is 11.6 Å². The van der Waals surface area contributed by atoms with Crippen LogP contribution in [0.5, 0.6) is 0 Å². The quantitative estimate of drug-likeness (QED) is 0.486. The predicted molar refractivity (Wildman–Crippen MR) is 61.9 cm³/mol. The Morgan fingerprint density at radius 3 is 2.88 bits per heavy atom. The van der Waals surface area contributed by atoms with Crippen molar-refractivity contribution in [2.24, 2.45) is 5.73 Å². The highest BCUT2D eigenvalue weighted by atomic mass is 35.5. The molecular formula is C9H11ClN4O3. The van der Waals surface area contributed by atoms with Gasteiger partial charge in [-0.3, -0.25) is 14.9 Å². The maximum absolute atomic E-state index is 11.9. The highest BCUT2D eigenvalue weighted by molar-refractivity contribution is 6.32. The molecule has 92 valence electrons. The number of carbonyl (C=O) groups excluding carboxylic acids is 1. The van der Waals surface area contributed by atoms with E-state index in [9.17, 15) is 14.9 Å². The smallest absolute Gasteiger partial charge is 0.288 e. The lowest BCUT2D eigenvalue weighted by molar-refractivity contribution is -0.385. The van der Waals surface area contributed by atoms with Crippen LogP contribution in [0.4, 0.5) is 5.69 Å². The molecular weight excluding hydrogens is 248 g/mol. The lowest BCUT2D eigenvalue weighted by Gasteiger charge is -2.16. The number of nitrogens with zero attached hydrogens (tertiary/aromatic N) is 3. The van der Waals surface area contributed by atoms with Crippen LogP contribution in [0, 0.1) is 10.1 Å². The number of rotatable bonds is 4. The van der Waals surface area contributed by atoms with Crippen LogP contribution in [-0.4, -0.2) is 40.9 Å². The molecule has 7 nitrogen and oxygen atoms in total. The third-order valence-corrected chi connectivity index (χ3v) is 2.38. The van der Waals surface area contributed by atoms with Gasteiger partial charge in [-0.25, -0.2) is 4.98 Å². The molecule has 0 radical (unpaired) electrons. The van der Waals surface area contributed by atoms with Gasteiger partial charge in [0.1, 0.15) is 11.3 Å². The Balaban J connectivity index is 3.07. The fraction of sp³-hybridized carbons (Fsp3) is 0.333. The molecule has 1 aromatic rings. The Bertz CT molecular complexity index is 452. The summed E-state index contributed by atoms with van der Waals surface area (Å²) in [6.45, 7) is 0.625. The first kappa shape index (κ1) is 13.3. The summed E-state index contributed by atoms with van der Waals surface area (Å²) < 4.78 is 0. The molecule has 0 aromatic carbocycles. The van der Waals surface area contributed by atoms with E-state index in [2.05, 4.69) is 4.98 Å². The van der Waals surface area contributed by atoms with Crippen LogP contribution < -0.4 is 5.73 Å². The van der Waals surface area contributed by atoms with Crippen molar-refractivity contribution in [3.05, 3.63) is 33.1 Å². The number of nitrogens with two attached hydrogens (primary N) is 1. The van der Waals surface area contributed by atoms with Gasteiger partial charge in [0.2, 0.25) is 0 Å². The van der Waals surface area contributed by atoms with Crippen LogP contribution >= 0.6 is 11.6 Å². The van der Waals surface area contributed by atoms with Crippen LogP contribution in [0.15, 0.2) is 12.3 Å². The van der Waals surface area contributed by atoms with Gasteiger partial charge >= 0.3 is 0 Å². The fourth-order valence-corrected chi connectivity index (χ4v) is 1.37. The summed E-state index contributed by atoms with van der Waals surface area (Å²) in [5.74, 6) is -0.448. The molecule has 1 amide bonds. The van der Waals surface area contributed by atoms with E-state index in [-0.39, 0.29) is 16.4 Å². The molecule has 0 saturated carbocycles. The van der Waals surface area contributed by atoms with E-state index in [1.54, 1.807) is 0 Å². The van der Waals surface area contributed by atoms with Crippen LogP contribution in [-0.2, 0) is 0 Å². The molecule has 0 atom stereocenters. The van der Waals surface area contributed by atoms with Gasteiger partial charge in [0, 0.05) is 26.2 Å². The van der Waals surface area contributed by atoms with Crippen molar-refractivity contribution in [3.63, 3.8) is 0 Å². The highest BCUT2D eigenvalue weighted by Gasteiger charge is 2.19. The fourth-order valence-electron chi connectivity index (χ4n) is 1.19. The van der Waals surface area contributed by atoms with Gasteiger partial charge in [-0.15, -0.1) is 0 Å². The lowest BCUT2D eigenvalue weighted by Crippen LogP contribution is -2.32. The number of halogens is 1. The van der Waals surface area contributed by atoms with E-state index in [0.29, 0.717) is 13.1 Å². The summed E-state index contributed by atoms with van der Waals surface area (Å²) in [5.41, 5.74) is 5.03. The van der Waals surface area contributed by atoms with Crippen molar-refractivity contribution in [2.45, 2.75) is 0 Å². The molecule has 0 spiro atoms. The SMILES string of the molecule is CN(CCN)C(=O)c1cc([N+](=O)[O-])cnc1Cl. The van der Waals surface area contributed by atoms with Gasteiger partial charge in [-0.05, 0) is 0 Å². The number of amides is 1. The first-order chi connectivity index (χ1) is 7.97. The molecule has 2 N–H and O–H groups in total. The lowest BCUT2D eigenvalue weighted by atomic mass is 10.2. The minimum Gasteiger partial charge on any atom is -0.340 e. The van der Waals surface area contributed by atoms with Crippen molar-refractivity contribution in [2.75, 3.05) is 20.1 Å². The van der Waals surface area contributed by atoms with Crippen molar-refractivity contribution in [1.29, 1.82) is 0 Å². The molecule has 17 heavy (non-hydrogen) atoms. The Labute approximate surface area is 102 Å². The minimum atomic E-state index is -0.636.